The van der Waals surface area contributed by atoms with Gasteiger partial charge in [0, 0.05) is 24.8 Å². The van der Waals surface area contributed by atoms with Crippen molar-refractivity contribution in [3.05, 3.63) is 30.3 Å². The zero-order valence-electron chi connectivity index (χ0n) is 10.4. The zero-order chi connectivity index (χ0) is 12.5. The van der Waals surface area contributed by atoms with E-state index in [-0.39, 0.29) is 5.41 Å². The summed E-state index contributed by atoms with van der Waals surface area (Å²) in [6, 6.07) is 9.58. The number of rotatable bonds is 2. The number of hydrogen-bond donors (Lipinski definition) is 0. The van der Waals surface area contributed by atoms with E-state index in [0.29, 0.717) is 13.2 Å². The maximum atomic E-state index is 12.5. The van der Waals surface area contributed by atoms with Crippen LogP contribution in [0.15, 0.2) is 30.3 Å². The van der Waals surface area contributed by atoms with Gasteiger partial charge in [0.25, 0.3) is 0 Å². The fourth-order valence-electron chi connectivity index (χ4n) is 1.85. The average Bonchev–Trinajstić information content (AvgIpc) is 2.34. The molecule has 1 fully saturated rings. The molecule has 1 aromatic rings. The first-order valence-electron chi connectivity index (χ1n) is 5.60. The van der Waals surface area contributed by atoms with Crippen molar-refractivity contribution in [2.45, 2.75) is 13.8 Å². The summed E-state index contributed by atoms with van der Waals surface area (Å²) in [5.41, 5.74) is 0.827. The summed E-state index contributed by atoms with van der Waals surface area (Å²) in [5.74, 6) is 0. The third-order valence-corrected chi connectivity index (χ3v) is 4.66. The number of para-hydroxylation sites is 1. The SMILES string of the molecule is CO[P@]1(=O)OCC(C)(C)CN1c1ccccc1. The summed E-state index contributed by atoms with van der Waals surface area (Å²) < 4.78 is 24.8. The normalized spacial score (nSPS) is 28.1. The van der Waals surface area contributed by atoms with Crippen molar-refractivity contribution < 1.29 is 13.6 Å². The lowest BCUT2D eigenvalue weighted by molar-refractivity contribution is 0.130. The van der Waals surface area contributed by atoms with Crippen molar-refractivity contribution in [3.8, 4) is 0 Å². The highest BCUT2D eigenvalue weighted by molar-refractivity contribution is 7.55. The first kappa shape index (κ1) is 12.6. The molecule has 4 nitrogen and oxygen atoms in total. The Morgan fingerprint density at radius 3 is 2.59 bits per heavy atom. The fourth-order valence-corrected chi connectivity index (χ4v) is 3.77. The van der Waals surface area contributed by atoms with Crippen molar-refractivity contribution in [1.29, 1.82) is 0 Å². The molecule has 2 rings (SSSR count). The molecule has 94 valence electrons. The van der Waals surface area contributed by atoms with Crippen LogP contribution in [0.4, 0.5) is 5.69 Å². The van der Waals surface area contributed by atoms with E-state index < -0.39 is 7.75 Å². The predicted molar refractivity (Wildman–Crippen MR) is 68.1 cm³/mol. The van der Waals surface area contributed by atoms with Gasteiger partial charge < -0.3 is 0 Å². The second-order valence-electron chi connectivity index (χ2n) is 4.98. The molecule has 1 aliphatic heterocycles. The highest BCUT2D eigenvalue weighted by Crippen LogP contribution is 2.57. The highest BCUT2D eigenvalue weighted by Gasteiger charge is 2.42. The Labute approximate surface area is 102 Å². The van der Waals surface area contributed by atoms with Crippen LogP contribution in [0.25, 0.3) is 0 Å². The van der Waals surface area contributed by atoms with Gasteiger partial charge in [-0.1, -0.05) is 32.0 Å². The Bertz CT molecular complexity index is 433. The molecule has 0 aromatic heterocycles. The molecule has 0 saturated carbocycles. The Morgan fingerprint density at radius 2 is 2.00 bits per heavy atom. The first-order valence-corrected chi connectivity index (χ1v) is 7.10. The molecule has 5 heteroatoms. The van der Waals surface area contributed by atoms with Crippen LogP contribution in [0, 0.1) is 5.41 Å². The van der Waals surface area contributed by atoms with E-state index in [4.69, 9.17) is 9.05 Å². The summed E-state index contributed by atoms with van der Waals surface area (Å²) in [7, 11) is -1.75. The van der Waals surface area contributed by atoms with Crippen LogP contribution in [-0.4, -0.2) is 20.3 Å². The molecule has 17 heavy (non-hydrogen) atoms. The van der Waals surface area contributed by atoms with Gasteiger partial charge in [-0.05, 0) is 12.1 Å². The molecular formula is C12H18NO3P. The van der Waals surface area contributed by atoms with E-state index in [9.17, 15) is 4.57 Å². The van der Waals surface area contributed by atoms with Gasteiger partial charge in [0.05, 0.1) is 6.61 Å². The van der Waals surface area contributed by atoms with E-state index in [1.54, 1.807) is 4.67 Å². The van der Waals surface area contributed by atoms with Gasteiger partial charge >= 0.3 is 7.75 Å². The summed E-state index contributed by atoms with van der Waals surface area (Å²) in [5, 5.41) is 0. The molecule has 0 bridgehead atoms. The molecule has 1 aromatic carbocycles. The van der Waals surface area contributed by atoms with Gasteiger partial charge in [0.15, 0.2) is 0 Å². The zero-order valence-corrected chi connectivity index (χ0v) is 11.3. The Balaban J connectivity index is 2.36. The number of nitrogens with zero attached hydrogens (tertiary/aromatic N) is 1. The van der Waals surface area contributed by atoms with E-state index in [1.165, 1.54) is 7.11 Å². The second-order valence-corrected chi connectivity index (χ2v) is 7.03. The van der Waals surface area contributed by atoms with Crippen molar-refractivity contribution >= 4 is 13.4 Å². The molecule has 1 saturated heterocycles. The van der Waals surface area contributed by atoms with Gasteiger partial charge in [0.1, 0.15) is 0 Å². The van der Waals surface area contributed by atoms with Crippen LogP contribution in [0.2, 0.25) is 0 Å². The van der Waals surface area contributed by atoms with Crippen LogP contribution in [0.1, 0.15) is 13.8 Å². The number of hydrogen-bond acceptors (Lipinski definition) is 3. The lowest BCUT2D eigenvalue weighted by atomic mass is 9.95. The van der Waals surface area contributed by atoms with Gasteiger partial charge in [-0.2, -0.15) is 0 Å². The number of anilines is 1. The first-order chi connectivity index (χ1) is 7.97. The van der Waals surface area contributed by atoms with Crippen LogP contribution in [0.3, 0.4) is 0 Å². The molecule has 0 unspecified atom stereocenters. The fraction of sp³-hybridized carbons (Fsp3) is 0.500. The molecule has 0 amide bonds. The van der Waals surface area contributed by atoms with Gasteiger partial charge in [-0.25, -0.2) is 4.57 Å². The molecule has 0 N–H and O–H groups in total. The smallest absolute Gasteiger partial charge is 0.296 e. The van der Waals surface area contributed by atoms with E-state index in [0.717, 1.165) is 5.69 Å². The maximum Gasteiger partial charge on any atom is 0.435 e. The molecule has 0 radical (unpaired) electrons. The Morgan fingerprint density at radius 1 is 1.35 bits per heavy atom. The molecule has 1 aliphatic rings. The lowest BCUT2D eigenvalue weighted by Gasteiger charge is -2.42. The summed E-state index contributed by atoms with van der Waals surface area (Å²) in [6.07, 6.45) is 0. The second kappa shape index (κ2) is 4.45. The van der Waals surface area contributed by atoms with Crippen LogP contribution in [0.5, 0.6) is 0 Å². The van der Waals surface area contributed by atoms with E-state index >= 15 is 0 Å². The maximum absolute atomic E-state index is 12.5. The number of benzene rings is 1. The van der Waals surface area contributed by atoms with Crippen LogP contribution >= 0.6 is 7.75 Å². The summed E-state index contributed by atoms with van der Waals surface area (Å²) in [6.45, 7) is 5.27. The molecule has 0 spiro atoms. The van der Waals surface area contributed by atoms with Crippen molar-refractivity contribution in [1.82, 2.24) is 0 Å². The average molecular weight is 255 g/mol. The minimum atomic E-state index is -3.17. The van der Waals surface area contributed by atoms with Crippen LogP contribution in [-0.2, 0) is 13.6 Å². The van der Waals surface area contributed by atoms with Crippen molar-refractivity contribution in [3.63, 3.8) is 0 Å². The summed E-state index contributed by atoms with van der Waals surface area (Å²) in [4.78, 5) is 0. The van der Waals surface area contributed by atoms with Gasteiger partial charge in [-0.3, -0.25) is 13.7 Å². The largest absolute Gasteiger partial charge is 0.435 e. The Kier molecular flexibility index (Phi) is 3.30. The minimum absolute atomic E-state index is 0.0394. The van der Waals surface area contributed by atoms with Crippen molar-refractivity contribution in [2.24, 2.45) is 5.41 Å². The highest BCUT2D eigenvalue weighted by atomic mass is 31.2. The quantitative estimate of drug-likeness (QED) is 0.760. The predicted octanol–water partition coefficient (Wildman–Crippen LogP) is 3.30. The third-order valence-electron chi connectivity index (χ3n) is 2.78. The van der Waals surface area contributed by atoms with E-state index in [2.05, 4.69) is 13.8 Å². The van der Waals surface area contributed by atoms with E-state index in [1.807, 2.05) is 30.3 Å². The molecule has 0 aliphatic carbocycles. The molecule has 1 atom stereocenters. The minimum Gasteiger partial charge on any atom is -0.296 e. The standard InChI is InChI=1S/C12H18NO3P/c1-12(2)9-13(11-7-5-4-6-8-11)17(14,15-3)16-10-12/h4-8H,9-10H2,1-3H3/t17-/m0/s1. The topological polar surface area (TPSA) is 38.8 Å². The van der Waals surface area contributed by atoms with Gasteiger partial charge in [0.2, 0.25) is 0 Å². The summed E-state index contributed by atoms with van der Waals surface area (Å²) >= 11 is 0. The van der Waals surface area contributed by atoms with Crippen molar-refractivity contribution in [2.75, 3.05) is 24.9 Å². The van der Waals surface area contributed by atoms with Crippen LogP contribution < -0.4 is 4.67 Å². The monoisotopic (exact) mass is 255 g/mol. The lowest BCUT2D eigenvalue weighted by Crippen LogP contribution is -2.41. The molecular weight excluding hydrogens is 237 g/mol. The Hall–Kier alpha value is -0.830. The molecule has 1 heterocycles. The third kappa shape index (κ3) is 2.54. The van der Waals surface area contributed by atoms with Gasteiger partial charge in [-0.15, -0.1) is 0 Å².